The molecule has 0 aliphatic heterocycles. The molecule has 1 aliphatic rings. The number of nitrogens with one attached hydrogen (secondary N) is 1. The van der Waals surface area contributed by atoms with Crippen LogP contribution in [-0.4, -0.2) is 44.0 Å². The molecule has 0 unspecified atom stereocenters. The summed E-state index contributed by atoms with van der Waals surface area (Å²) in [5.74, 6) is -2.11. The van der Waals surface area contributed by atoms with Gasteiger partial charge in [0.1, 0.15) is 0 Å². The maximum atomic E-state index is 12.0. The first-order valence-electron chi connectivity index (χ1n) is 6.16. The highest BCUT2D eigenvalue weighted by Gasteiger charge is 2.35. The van der Waals surface area contributed by atoms with Crippen LogP contribution < -0.4 is 5.32 Å². The van der Waals surface area contributed by atoms with Gasteiger partial charge in [-0.3, -0.25) is 9.59 Å². The lowest BCUT2D eigenvalue weighted by molar-refractivity contribution is -0.149. The summed E-state index contributed by atoms with van der Waals surface area (Å²) in [6.07, 6.45) is 2.49. The van der Waals surface area contributed by atoms with Crippen LogP contribution in [0.15, 0.2) is 0 Å². The number of amides is 1. The number of ether oxygens (including phenoxy) is 2. The Balaban J connectivity index is 2.50. The van der Waals surface area contributed by atoms with Crippen LogP contribution >= 0.6 is 0 Å². The Morgan fingerprint density at radius 2 is 1.78 bits per heavy atom. The molecular weight excluding hydrogens is 238 g/mol. The predicted octanol–water partition coefficient (Wildman–Crippen LogP) is 0.612. The van der Waals surface area contributed by atoms with Crippen molar-refractivity contribution >= 4 is 11.9 Å². The highest BCUT2D eigenvalue weighted by molar-refractivity contribution is 5.84. The standard InChI is InChI=1S/C12H21NO5/c1-17-10(18-2)7-13-11(14)8-5-3-4-6-9(8)12(15)16/h8-10H,3-7H2,1-2H3,(H,13,14)(H,15,16)/t8-,9+/m0/s1. The second kappa shape index (κ2) is 7.33. The van der Waals surface area contributed by atoms with E-state index in [9.17, 15) is 9.59 Å². The minimum absolute atomic E-state index is 0.221. The number of carboxylic acids is 1. The van der Waals surface area contributed by atoms with Crippen molar-refractivity contribution in [1.82, 2.24) is 5.32 Å². The van der Waals surface area contributed by atoms with E-state index in [2.05, 4.69) is 5.32 Å². The molecule has 6 nitrogen and oxygen atoms in total. The Bertz CT molecular complexity index is 290. The van der Waals surface area contributed by atoms with Gasteiger partial charge in [-0.2, -0.15) is 0 Å². The van der Waals surface area contributed by atoms with Gasteiger partial charge in [-0.1, -0.05) is 12.8 Å². The summed E-state index contributed by atoms with van der Waals surface area (Å²) < 4.78 is 9.92. The van der Waals surface area contributed by atoms with Crippen molar-refractivity contribution in [3.8, 4) is 0 Å². The molecule has 0 saturated heterocycles. The summed E-state index contributed by atoms with van der Waals surface area (Å²) in [6, 6.07) is 0. The number of carbonyl (C=O) groups excluding carboxylic acids is 1. The maximum absolute atomic E-state index is 12.0. The second-order valence-electron chi connectivity index (χ2n) is 4.48. The van der Waals surface area contributed by atoms with Crippen LogP contribution in [0.3, 0.4) is 0 Å². The van der Waals surface area contributed by atoms with Gasteiger partial charge in [0.05, 0.1) is 18.4 Å². The molecule has 104 valence electrons. The second-order valence-corrected chi connectivity index (χ2v) is 4.48. The monoisotopic (exact) mass is 259 g/mol. The summed E-state index contributed by atoms with van der Waals surface area (Å²) in [5.41, 5.74) is 0. The Morgan fingerprint density at radius 1 is 1.22 bits per heavy atom. The summed E-state index contributed by atoms with van der Waals surface area (Å²) >= 11 is 0. The van der Waals surface area contributed by atoms with E-state index in [1.807, 2.05) is 0 Å². The average molecular weight is 259 g/mol. The Labute approximate surface area is 107 Å². The van der Waals surface area contributed by atoms with E-state index in [4.69, 9.17) is 14.6 Å². The number of carboxylic acid groups (broad SMARTS) is 1. The summed E-state index contributed by atoms with van der Waals surface area (Å²) in [4.78, 5) is 23.1. The van der Waals surface area contributed by atoms with Crippen molar-refractivity contribution in [2.24, 2.45) is 11.8 Å². The van der Waals surface area contributed by atoms with E-state index in [1.165, 1.54) is 14.2 Å². The average Bonchev–Trinajstić information content (AvgIpc) is 2.39. The van der Waals surface area contributed by atoms with E-state index in [0.717, 1.165) is 12.8 Å². The first kappa shape index (κ1) is 14.9. The molecule has 0 radical (unpaired) electrons. The zero-order valence-corrected chi connectivity index (χ0v) is 10.8. The highest BCUT2D eigenvalue weighted by Crippen LogP contribution is 2.30. The summed E-state index contributed by atoms with van der Waals surface area (Å²) in [5, 5.41) is 11.8. The molecule has 1 rings (SSSR count). The third kappa shape index (κ3) is 3.96. The van der Waals surface area contributed by atoms with E-state index >= 15 is 0 Å². The van der Waals surface area contributed by atoms with Crippen molar-refractivity contribution in [3.05, 3.63) is 0 Å². The summed E-state index contributed by atoms with van der Waals surface area (Å²) in [7, 11) is 2.97. The number of methoxy groups -OCH3 is 2. The van der Waals surface area contributed by atoms with Gasteiger partial charge in [-0.25, -0.2) is 0 Å². The Hall–Kier alpha value is -1.14. The third-order valence-electron chi connectivity index (χ3n) is 3.39. The Morgan fingerprint density at radius 3 is 2.28 bits per heavy atom. The smallest absolute Gasteiger partial charge is 0.307 e. The van der Waals surface area contributed by atoms with Crippen LogP contribution in [-0.2, 0) is 19.1 Å². The fourth-order valence-electron chi connectivity index (χ4n) is 2.32. The molecule has 0 aromatic carbocycles. The van der Waals surface area contributed by atoms with Crippen molar-refractivity contribution in [2.45, 2.75) is 32.0 Å². The number of carbonyl (C=O) groups is 2. The van der Waals surface area contributed by atoms with Crippen molar-refractivity contribution in [1.29, 1.82) is 0 Å². The lowest BCUT2D eigenvalue weighted by Gasteiger charge is -2.27. The van der Waals surface area contributed by atoms with Gasteiger partial charge in [0.2, 0.25) is 5.91 Å². The molecular formula is C12H21NO5. The van der Waals surface area contributed by atoms with Crippen LogP contribution in [0.5, 0.6) is 0 Å². The SMILES string of the molecule is COC(CNC(=O)[C@H]1CCCC[C@H]1C(=O)O)OC. The first-order valence-corrected chi connectivity index (χ1v) is 6.16. The molecule has 0 bridgehead atoms. The maximum Gasteiger partial charge on any atom is 0.307 e. The molecule has 2 N–H and O–H groups in total. The molecule has 18 heavy (non-hydrogen) atoms. The number of aliphatic carboxylic acids is 1. The van der Waals surface area contributed by atoms with Gasteiger partial charge in [-0.05, 0) is 12.8 Å². The zero-order chi connectivity index (χ0) is 13.5. The van der Waals surface area contributed by atoms with E-state index in [1.54, 1.807) is 0 Å². The fraction of sp³-hybridized carbons (Fsp3) is 0.833. The number of hydrogen-bond acceptors (Lipinski definition) is 4. The largest absolute Gasteiger partial charge is 0.481 e. The van der Waals surface area contributed by atoms with Crippen LogP contribution in [0.2, 0.25) is 0 Å². The van der Waals surface area contributed by atoms with Gasteiger partial charge >= 0.3 is 5.97 Å². The molecule has 1 amide bonds. The molecule has 0 aromatic heterocycles. The first-order chi connectivity index (χ1) is 8.60. The molecule has 6 heteroatoms. The van der Waals surface area contributed by atoms with E-state index in [0.29, 0.717) is 12.8 Å². The number of hydrogen-bond donors (Lipinski definition) is 2. The lowest BCUT2D eigenvalue weighted by atomic mass is 9.79. The van der Waals surface area contributed by atoms with Gasteiger partial charge < -0.3 is 19.9 Å². The van der Waals surface area contributed by atoms with Gasteiger partial charge in [0.15, 0.2) is 6.29 Å². The highest BCUT2D eigenvalue weighted by atomic mass is 16.7. The molecule has 0 aromatic rings. The third-order valence-corrected chi connectivity index (χ3v) is 3.39. The summed E-state index contributed by atoms with van der Waals surface area (Å²) in [6.45, 7) is 0.231. The molecule has 0 spiro atoms. The van der Waals surface area contributed by atoms with Gasteiger partial charge in [-0.15, -0.1) is 0 Å². The molecule has 2 atom stereocenters. The van der Waals surface area contributed by atoms with Crippen molar-refractivity contribution in [2.75, 3.05) is 20.8 Å². The molecule has 1 fully saturated rings. The van der Waals surface area contributed by atoms with Crippen molar-refractivity contribution < 1.29 is 24.2 Å². The number of rotatable bonds is 6. The van der Waals surface area contributed by atoms with Gasteiger partial charge in [0, 0.05) is 14.2 Å². The van der Waals surface area contributed by atoms with Crippen LogP contribution in [0.25, 0.3) is 0 Å². The normalized spacial score (nSPS) is 23.9. The van der Waals surface area contributed by atoms with Crippen molar-refractivity contribution in [3.63, 3.8) is 0 Å². The van der Waals surface area contributed by atoms with E-state index < -0.39 is 24.1 Å². The van der Waals surface area contributed by atoms with Crippen LogP contribution in [0.4, 0.5) is 0 Å². The topological polar surface area (TPSA) is 84.9 Å². The van der Waals surface area contributed by atoms with Gasteiger partial charge in [0.25, 0.3) is 0 Å². The van der Waals surface area contributed by atoms with Crippen LogP contribution in [0.1, 0.15) is 25.7 Å². The molecule has 1 aliphatic carbocycles. The quantitative estimate of drug-likeness (QED) is 0.683. The zero-order valence-electron chi connectivity index (χ0n) is 10.8. The molecule has 1 saturated carbocycles. The predicted molar refractivity (Wildman–Crippen MR) is 63.9 cm³/mol. The lowest BCUT2D eigenvalue weighted by Crippen LogP contribution is -2.42. The molecule has 0 heterocycles. The minimum Gasteiger partial charge on any atom is -0.481 e. The minimum atomic E-state index is -0.884. The van der Waals surface area contributed by atoms with Crippen LogP contribution in [0, 0.1) is 11.8 Å². The fourth-order valence-corrected chi connectivity index (χ4v) is 2.32. The van der Waals surface area contributed by atoms with E-state index in [-0.39, 0.29) is 12.5 Å². The Kier molecular flexibility index (Phi) is 6.07.